The molecule has 4 heteroatoms. The average molecular weight is 428 g/mol. The quantitative estimate of drug-likeness (QED) is 0.790. The Balaban J connectivity index is 1.29. The summed E-state index contributed by atoms with van der Waals surface area (Å²) in [7, 11) is 0. The molecule has 4 nitrogen and oxygen atoms in total. The minimum Gasteiger partial charge on any atom is -0.508 e. The van der Waals surface area contributed by atoms with E-state index in [4.69, 9.17) is 4.98 Å². The van der Waals surface area contributed by atoms with Gasteiger partial charge in [-0.1, -0.05) is 12.1 Å². The lowest BCUT2D eigenvalue weighted by molar-refractivity contribution is -0.0921. The number of pyridine rings is 1. The molecule has 32 heavy (non-hydrogen) atoms. The zero-order valence-electron chi connectivity index (χ0n) is 18.8. The van der Waals surface area contributed by atoms with Crippen LogP contribution in [0.5, 0.6) is 5.75 Å². The van der Waals surface area contributed by atoms with Crippen LogP contribution in [0.15, 0.2) is 42.6 Å². The predicted octanol–water partition coefficient (Wildman–Crippen LogP) is 4.37. The van der Waals surface area contributed by atoms with Crippen molar-refractivity contribution in [3.8, 4) is 5.75 Å². The highest BCUT2D eigenvalue weighted by Crippen LogP contribution is 2.75. The lowest BCUT2D eigenvalue weighted by atomic mass is 9.43. The molecule has 166 valence electrons. The molecule has 0 radical (unpaired) electrons. The smallest absolute Gasteiger partial charge is 0.128 e. The van der Waals surface area contributed by atoms with Crippen LogP contribution in [0.1, 0.15) is 49.7 Å². The number of aromatic hydroxyl groups is 1. The Bertz CT molecular complexity index is 1080. The van der Waals surface area contributed by atoms with Crippen molar-refractivity contribution in [2.75, 3.05) is 24.5 Å². The number of nitrogens with zero attached hydrogens (tertiary/aromatic N) is 3. The van der Waals surface area contributed by atoms with Crippen LogP contribution in [0.4, 0.5) is 5.82 Å². The third-order valence-electron chi connectivity index (χ3n) is 10.7. The molecule has 0 spiro atoms. The largest absolute Gasteiger partial charge is 0.508 e. The molecule has 3 saturated carbocycles. The van der Waals surface area contributed by atoms with E-state index in [1.807, 2.05) is 18.3 Å². The summed E-state index contributed by atoms with van der Waals surface area (Å²) in [6.07, 6.45) is 11.3. The van der Waals surface area contributed by atoms with Crippen LogP contribution >= 0.6 is 0 Å². The van der Waals surface area contributed by atoms with Crippen LogP contribution < -0.4 is 4.90 Å². The molecule has 4 bridgehead atoms. The second-order valence-electron chi connectivity index (χ2n) is 11.8. The Kier molecular flexibility index (Phi) is 3.49. The molecule has 6 aliphatic rings. The number of aromatic nitrogens is 1. The number of benzene rings is 1. The fourth-order valence-electron chi connectivity index (χ4n) is 9.73. The summed E-state index contributed by atoms with van der Waals surface area (Å²) >= 11 is 0. The number of piperidine rings is 1. The highest BCUT2D eigenvalue weighted by atomic mass is 16.3. The highest BCUT2D eigenvalue weighted by Gasteiger charge is 2.76. The summed E-state index contributed by atoms with van der Waals surface area (Å²) < 4.78 is 0. The van der Waals surface area contributed by atoms with Crippen LogP contribution in [0.2, 0.25) is 0 Å². The van der Waals surface area contributed by atoms with Crippen LogP contribution in [0.25, 0.3) is 0 Å². The van der Waals surface area contributed by atoms with Crippen molar-refractivity contribution in [1.29, 1.82) is 0 Å². The number of fused-ring (bicyclic) bond motifs is 1. The van der Waals surface area contributed by atoms with Crippen molar-refractivity contribution in [3.63, 3.8) is 0 Å². The first-order valence-corrected chi connectivity index (χ1v) is 12.9. The fourth-order valence-corrected chi connectivity index (χ4v) is 9.73. The first-order valence-electron chi connectivity index (χ1n) is 12.9. The standard InChI is InChI=1S/C28H33N3O/c32-21-7-6-19-13-24-27-9-8-23-26(20(15-27)17-31(23)25-3-1-2-11-29-25)28(27,22(19)14-21)10-12-30(24)16-18-4-5-18/h1-3,6-7,11,14,18,20,23-24,26,32H,4-5,8-10,12-13,15-17H2/t20-,23?,24-,26?,27-,28+/m1/s1. The molecule has 4 aliphatic carbocycles. The van der Waals surface area contributed by atoms with Crippen molar-refractivity contribution < 1.29 is 5.11 Å². The monoisotopic (exact) mass is 427 g/mol. The van der Waals surface area contributed by atoms with Crippen LogP contribution in [-0.2, 0) is 11.8 Å². The van der Waals surface area contributed by atoms with Crippen LogP contribution in [0, 0.1) is 23.2 Å². The number of rotatable bonds is 3. The van der Waals surface area contributed by atoms with Crippen molar-refractivity contribution in [3.05, 3.63) is 53.7 Å². The van der Waals surface area contributed by atoms with E-state index >= 15 is 0 Å². The molecule has 2 aromatic rings. The molecule has 2 saturated heterocycles. The van der Waals surface area contributed by atoms with Gasteiger partial charge in [-0.2, -0.15) is 0 Å². The Hall–Kier alpha value is -2.07. The van der Waals surface area contributed by atoms with E-state index in [1.165, 1.54) is 81.5 Å². The van der Waals surface area contributed by atoms with Gasteiger partial charge in [-0.25, -0.2) is 4.98 Å². The minimum atomic E-state index is 0.237. The maximum absolute atomic E-state index is 10.6. The first-order chi connectivity index (χ1) is 15.7. The van der Waals surface area contributed by atoms with E-state index in [1.54, 1.807) is 0 Å². The third-order valence-corrected chi connectivity index (χ3v) is 10.7. The van der Waals surface area contributed by atoms with Gasteiger partial charge < -0.3 is 10.0 Å². The van der Waals surface area contributed by atoms with Crippen LogP contribution in [0.3, 0.4) is 0 Å². The number of phenols is 1. The summed E-state index contributed by atoms with van der Waals surface area (Å²) in [6, 6.07) is 14.1. The first kappa shape index (κ1) is 18.4. The molecule has 0 amide bonds. The molecule has 2 unspecified atom stereocenters. The minimum absolute atomic E-state index is 0.237. The Morgan fingerprint density at radius 2 is 2.03 bits per heavy atom. The molecule has 6 atom stereocenters. The Labute approximate surface area is 190 Å². The topological polar surface area (TPSA) is 39.6 Å². The van der Waals surface area contributed by atoms with Crippen molar-refractivity contribution in [2.45, 2.75) is 62.4 Å². The average Bonchev–Trinajstić information content (AvgIpc) is 3.50. The number of hydrogen-bond acceptors (Lipinski definition) is 4. The molecule has 1 aromatic heterocycles. The second-order valence-corrected chi connectivity index (χ2v) is 11.8. The molecule has 2 aliphatic heterocycles. The van der Waals surface area contributed by atoms with Gasteiger partial charge >= 0.3 is 0 Å². The maximum Gasteiger partial charge on any atom is 0.128 e. The fraction of sp³-hybridized carbons (Fsp3) is 0.607. The summed E-state index contributed by atoms with van der Waals surface area (Å²) in [6.45, 7) is 3.74. The van der Waals surface area contributed by atoms with Crippen molar-refractivity contribution in [2.24, 2.45) is 23.2 Å². The second kappa shape index (κ2) is 6.08. The number of likely N-dealkylation sites (tertiary alicyclic amines) is 1. The van der Waals surface area contributed by atoms with E-state index in [9.17, 15) is 5.11 Å². The van der Waals surface area contributed by atoms with Gasteiger partial charge in [-0.05, 0) is 110 Å². The number of hydrogen-bond donors (Lipinski definition) is 1. The van der Waals surface area contributed by atoms with E-state index in [-0.39, 0.29) is 5.41 Å². The zero-order chi connectivity index (χ0) is 21.1. The summed E-state index contributed by atoms with van der Waals surface area (Å²) in [5, 5.41) is 10.6. The van der Waals surface area contributed by atoms with Gasteiger partial charge in [-0.3, -0.25) is 4.90 Å². The van der Waals surface area contributed by atoms with E-state index in [2.05, 4.69) is 34.1 Å². The SMILES string of the molecule is Oc1ccc2c(c1)[C@]13CCN(CC4CC4)[C@H](C2)[C@]12CCC1C3[C@@H](CN1c1ccccn1)C2. The molecule has 3 heterocycles. The maximum atomic E-state index is 10.6. The molecular formula is C28H33N3O. The highest BCUT2D eigenvalue weighted by molar-refractivity contribution is 5.54. The molecule has 1 N–H and O–H groups in total. The van der Waals surface area contributed by atoms with Gasteiger partial charge in [0.25, 0.3) is 0 Å². The third kappa shape index (κ3) is 2.11. The zero-order valence-corrected chi connectivity index (χ0v) is 18.8. The van der Waals surface area contributed by atoms with Crippen molar-refractivity contribution in [1.82, 2.24) is 9.88 Å². The summed E-state index contributed by atoms with van der Waals surface area (Å²) in [5.74, 6) is 4.04. The van der Waals surface area contributed by atoms with Crippen molar-refractivity contribution >= 4 is 5.82 Å². The summed E-state index contributed by atoms with van der Waals surface area (Å²) in [4.78, 5) is 10.4. The van der Waals surface area contributed by atoms with Gasteiger partial charge in [0, 0.05) is 36.8 Å². The van der Waals surface area contributed by atoms with Gasteiger partial charge in [0.05, 0.1) is 0 Å². The summed E-state index contributed by atoms with van der Waals surface area (Å²) in [5.41, 5.74) is 3.70. The molecule has 5 fully saturated rings. The van der Waals surface area contributed by atoms with E-state index < -0.39 is 0 Å². The lowest BCUT2D eigenvalue weighted by Crippen LogP contribution is -2.69. The number of anilines is 1. The predicted molar refractivity (Wildman–Crippen MR) is 125 cm³/mol. The Morgan fingerprint density at radius 3 is 2.88 bits per heavy atom. The van der Waals surface area contributed by atoms with Gasteiger partial charge in [0.2, 0.25) is 0 Å². The molecular weight excluding hydrogens is 394 g/mol. The van der Waals surface area contributed by atoms with Gasteiger partial charge in [0.1, 0.15) is 11.6 Å². The van der Waals surface area contributed by atoms with E-state index in [0.717, 1.165) is 11.8 Å². The Morgan fingerprint density at radius 1 is 1.09 bits per heavy atom. The lowest BCUT2D eigenvalue weighted by Gasteiger charge is -2.66. The normalized spacial score (nSPS) is 41.4. The number of phenolic OH excluding ortho intramolecular Hbond substituents is 1. The van der Waals surface area contributed by atoms with E-state index in [0.29, 0.717) is 29.2 Å². The molecule has 1 aromatic carbocycles. The van der Waals surface area contributed by atoms with Gasteiger partial charge in [-0.15, -0.1) is 0 Å². The molecule has 8 rings (SSSR count). The van der Waals surface area contributed by atoms with Gasteiger partial charge in [0.15, 0.2) is 0 Å². The van der Waals surface area contributed by atoms with Crippen LogP contribution in [-0.4, -0.2) is 46.7 Å².